The van der Waals surface area contributed by atoms with Crippen molar-refractivity contribution in [2.45, 2.75) is 0 Å². The van der Waals surface area contributed by atoms with Crippen LogP contribution in [0.15, 0.2) is 225 Å². The van der Waals surface area contributed by atoms with Gasteiger partial charge in [-0.15, -0.1) is 0 Å². The van der Waals surface area contributed by atoms with Crippen LogP contribution in [0.2, 0.25) is 0 Å². The van der Waals surface area contributed by atoms with Gasteiger partial charge < -0.3 is 4.57 Å². The summed E-state index contributed by atoms with van der Waals surface area (Å²) in [6.07, 6.45) is 3.77. The molecule has 0 bridgehead atoms. The molecule has 0 aliphatic carbocycles. The first-order valence-corrected chi connectivity index (χ1v) is 21.2. The lowest BCUT2D eigenvalue weighted by atomic mass is 9.97. The van der Waals surface area contributed by atoms with Crippen molar-refractivity contribution in [3.05, 3.63) is 225 Å². The molecule has 7 aromatic carbocycles. The predicted octanol–water partition coefficient (Wildman–Crippen LogP) is 14.7. The van der Waals surface area contributed by atoms with Gasteiger partial charge in [0.05, 0.1) is 45.0 Å². The minimum Gasteiger partial charge on any atom is -0.309 e. The van der Waals surface area contributed by atoms with Gasteiger partial charge >= 0.3 is 0 Å². The van der Waals surface area contributed by atoms with Gasteiger partial charge in [-0.3, -0.25) is 9.97 Å². The molecule has 0 saturated carbocycles. The lowest BCUT2D eigenvalue weighted by Gasteiger charge is -2.16. The molecule has 0 radical (unpaired) electrons. The summed E-state index contributed by atoms with van der Waals surface area (Å²) in [6.45, 7) is 0. The molecule has 0 spiro atoms. The average Bonchev–Trinajstić information content (AvgIpc) is 3.71. The number of fused-ring (bicyclic) bond motifs is 7. The van der Waals surface area contributed by atoms with Crippen molar-refractivity contribution in [1.29, 1.82) is 0 Å². The van der Waals surface area contributed by atoms with E-state index in [2.05, 4.69) is 198 Å². The molecule has 5 aromatic heterocycles. The zero-order valence-corrected chi connectivity index (χ0v) is 34.1. The molecule has 0 aliphatic heterocycles. The molecule has 5 nitrogen and oxygen atoms in total. The second-order valence-corrected chi connectivity index (χ2v) is 15.8. The van der Waals surface area contributed by atoms with E-state index in [0.29, 0.717) is 0 Å². The number of benzene rings is 7. The zero-order valence-electron chi connectivity index (χ0n) is 34.1. The molecule has 63 heavy (non-hydrogen) atoms. The minimum atomic E-state index is 0.801. The Morgan fingerprint density at radius 3 is 1.78 bits per heavy atom. The lowest BCUT2D eigenvalue weighted by Crippen LogP contribution is -1.98. The lowest BCUT2D eigenvalue weighted by molar-refractivity contribution is 1.18. The Hall–Kier alpha value is -8.54. The first kappa shape index (κ1) is 36.3. The van der Waals surface area contributed by atoms with E-state index in [9.17, 15) is 0 Å². The third-order valence-electron chi connectivity index (χ3n) is 12.1. The van der Waals surface area contributed by atoms with E-state index in [-0.39, 0.29) is 0 Å². The fourth-order valence-electron chi connectivity index (χ4n) is 9.06. The van der Waals surface area contributed by atoms with Crippen LogP contribution in [0, 0.1) is 0 Å². The maximum atomic E-state index is 5.39. The number of hydrogen-bond donors (Lipinski definition) is 0. The van der Waals surface area contributed by atoms with E-state index >= 15 is 0 Å². The van der Waals surface area contributed by atoms with E-state index in [1.807, 2.05) is 36.7 Å². The summed E-state index contributed by atoms with van der Waals surface area (Å²) in [5.74, 6) is 0. The van der Waals surface area contributed by atoms with E-state index in [4.69, 9.17) is 15.0 Å². The molecule has 12 aromatic rings. The minimum absolute atomic E-state index is 0.801. The van der Waals surface area contributed by atoms with Gasteiger partial charge in [-0.1, -0.05) is 158 Å². The van der Waals surface area contributed by atoms with Gasteiger partial charge in [0.15, 0.2) is 0 Å². The fourth-order valence-corrected chi connectivity index (χ4v) is 9.06. The Morgan fingerprint density at radius 2 is 1.00 bits per heavy atom. The summed E-state index contributed by atoms with van der Waals surface area (Å²) in [4.78, 5) is 20.2. The number of rotatable bonds is 7. The molecule has 0 aliphatic rings. The van der Waals surface area contributed by atoms with Crippen LogP contribution in [-0.2, 0) is 0 Å². The van der Waals surface area contributed by atoms with Crippen LogP contribution in [-0.4, -0.2) is 24.5 Å². The Labute approximate surface area is 364 Å². The Bertz CT molecular complexity index is 3540. The standard InChI is InChI=1S/C58H37N5/c1-3-14-38(15-4-1)43-29-32-52(60-37-43)54-36-44(35-53(61-54)40-27-25-39(26-28-40)50-22-11-12-33-59-50)42-18-13-19-45(34-42)63-55-24-10-8-21-47(55)49-31-30-48-46-20-7-9-23-51(46)62-57(56(48)58(49)63)41-16-5-2-6-17-41/h1-37H. The molecule has 0 N–H and O–H groups in total. The molecule has 294 valence electrons. The molecule has 0 unspecified atom stereocenters. The summed E-state index contributed by atoms with van der Waals surface area (Å²) < 4.78 is 2.43. The van der Waals surface area contributed by atoms with Crippen LogP contribution in [0.3, 0.4) is 0 Å². The second kappa shape index (κ2) is 15.2. The molecule has 12 rings (SSSR count). The predicted molar refractivity (Wildman–Crippen MR) is 260 cm³/mol. The molecular weight excluding hydrogens is 767 g/mol. The number of aromatic nitrogens is 5. The molecule has 0 amide bonds. The number of hydrogen-bond acceptors (Lipinski definition) is 4. The van der Waals surface area contributed by atoms with Gasteiger partial charge in [-0.2, -0.15) is 0 Å². The molecule has 5 heterocycles. The van der Waals surface area contributed by atoms with Crippen molar-refractivity contribution < 1.29 is 0 Å². The van der Waals surface area contributed by atoms with Crippen molar-refractivity contribution in [3.63, 3.8) is 0 Å². The first-order valence-electron chi connectivity index (χ1n) is 21.2. The molecule has 0 fully saturated rings. The Balaban J connectivity index is 1.06. The summed E-state index contributed by atoms with van der Waals surface area (Å²) in [5.41, 5.74) is 16.1. The van der Waals surface area contributed by atoms with Crippen LogP contribution in [0.1, 0.15) is 0 Å². The van der Waals surface area contributed by atoms with Crippen LogP contribution >= 0.6 is 0 Å². The summed E-state index contributed by atoms with van der Waals surface area (Å²) in [5, 5.41) is 5.82. The zero-order chi connectivity index (χ0) is 41.7. The summed E-state index contributed by atoms with van der Waals surface area (Å²) in [7, 11) is 0. The quantitative estimate of drug-likeness (QED) is 0.151. The van der Waals surface area contributed by atoms with Crippen LogP contribution in [0.5, 0.6) is 0 Å². The molecule has 0 saturated heterocycles. The monoisotopic (exact) mass is 803 g/mol. The van der Waals surface area contributed by atoms with E-state index in [1.54, 1.807) is 0 Å². The number of pyridine rings is 4. The fraction of sp³-hybridized carbons (Fsp3) is 0. The summed E-state index contributed by atoms with van der Waals surface area (Å²) in [6, 6.07) is 74.6. The van der Waals surface area contributed by atoms with Crippen molar-refractivity contribution in [3.8, 4) is 73.1 Å². The first-order chi connectivity index (χ1) is 31.2. The SMILES string of the molecule is c1ccc(-c2ccc(-c3cc(-c4cccc(-n5c6ccccc6c6ccc7c8ccccc8nc(-c8ccccc8)c7c65)c4)cc(-c4ccc(-c5ccccn5)cc4)n3)nc2)cc1. The Kier molecular flexibility index (Phi) is 8.75. The number of nitrogens with zero attached hydrogens (tertiary/aromatic N) is 5. The van der Waals surface area contributed by atoms with E-state index in [0.717, 1.165) is 100 Å². The topological polar surface area (TPSA) is 56.5 Å². The van der Waals surface area contributed by atoms with Crippen LogP contribution in [0.4, 0.5) is 0 Å². The van der Waals surface area contributed by atoms with Crippen LogP contribution in [0.25, 0.3) is 117 Å². The van der Waals surface area contributed by atoms with Crippen molar-refractivity contribution in [2.24, 2.45) is 0 Å². The smallest absolute Gasteiger partial charge is 0.0899 e. The molecule has 5 heteroatoms. The normalized spacial score (nSPS) is 11.5. The van der Waals surface area contributed by atoms with Gasteiger partial charge in [0.2, 0.25) is 0 Å². The van der Waals surface area contributed by atoms with Crippen LogP contribution < -0.4 is 0 Å². The van der Waals surface area contributed by atoms with Crippen molar-refractivity contribution in [1.82, 2.24) is 24.5 Å². The second-order valence-electron chi connectivity index (χ2n) is 15.8. The van der Waals surface area contributed by atoms with Gasteiger partial charge in [0, 0.05) is 61.9 Å². The summed E-state index contributed by atoms with van der Waals surface area (Å²) >= 11 is 0. The maximum Gasteiger partial charge on any atom is 0.0899 e. The Morgan fingerprint density at radius 1 is 0.333 bits per heavy atom. The number of para-hydroxylation sites is 2. The van der Waals surface area contributed by atoms with Crippen molar-refractivity contribution in [2.75, 3.05) is 0 Å². The highest BCUT2D eigenvalue weighted by atomic mass is 15.0. The third-order valence-corrected chi connectivity index (χ3v) is 12.1. The maximum absolute atomic E-state index is 5.39. The van der Waals surface area contributed by atoms with Gasteiger partial charge in [0.1, 0.15) is 0 Å². The molecule has 0 atom stereocenters. The highest BCUT2D eigenvalue weighted by molar-refractivity contribution is 6.25. The van der Waals surface area contributed by atoms with Gasteiger partial charge in [-0.25, -0.2) is 9.97 Å². The van der Waals surface area contributed by atoms with E-state index in [1.165, 1.54) is 16.2 Å². The average molecular weight is 804 g/mol. The third kappa shape index (κ3) is 6.42. The van der Waals surface area contributed by atoms with Crippen molar-refractivity contribution >= 4 is 43.5 Å². The highest BCUT2D eigenvalue weighted by Crippen LogP contribution is 2.43. The van der Waals surface area contributed by atoms with Gasteiger partial charge in [-0.05, 0) is 76.7 Å². The highest BCUT2D eigenvalue weighted by Gasteiger charge is 2.21. The molecular formula is C58H37N5. The largest absolute Gasteiger partial charge is 0.309 e. The van der Waals surface area contributed by atoms with E-state index < -0.39 is 0 Å². The van der Waals surface area contributed by atoms with Gasteiger partial charge in [0.25, 0.3) is 0 Å².